The summed E-state index contributed by atoms with van der Waals surface area (Å²) in [4.78, 5) is 15.6. The maximum atomic E-state index is 8.59. The predicted molar refractivity (Wildman–Crippen MR) is 21.2 cm³/mol. The van der Waals surface area contributed by atoms with Gasteiger partial charge in [0.25, 0.3) is 0 Å². The van der Waals surface area contributed by atoms with E-state index in [0.29, 0.717) is 0 Å². The van der Waals surface area contributed by atoms with Crippen molar-refractivity contribution in [3.8, 4) is 0 Å². The molecule has 0 heterocycles. The molecule has 1 unspecified atom stereocenters. The molecule has 0 rings (SSSR count). The van der Waals surface area contributed by atoms with E-state index in [1.807, 2.05) is 13.8 Å². The molecule has 0 spiro atoms. The smallest absolute Gasteiger partial charge is 0.567 e. The Balaban J connectivity index is -0.0000000480. The van der Waals surface area contributed by atoms with Crippen molar-refractivity contribution in [3.05, 3.63) is 0 Å². The van der Waals surface area contributed by atoms with Crippen molar-refractivity contribution in [2.75, 3.05) is 0 Å². The van der Waals surface area contributed by atoms with Crippen molar-refractivity contribution in [2.24, 2.45) is 0 Å². The van der Waals surface area contributed by atoms with Crippen LogP contribution in [0.15, 0.2) is 0 Å². The van der Waals surface area contributed by atoms with Crippen molar-refractivity contribution >= 4 is 8.25 Å². The van der Waals surface area contributed by atoms with Crippen LogP contribution in [0.3, 0.4) is 0 Å². The second-order valence-corrected chi connectivity index (χ2v) is 0.714. The quantitative estimate of drug-likeness (QED) is 0.283. The van der Waals surface area contributed by atoms with Crippen molar-refractivity contribution in [1.29, 1.82) is 0 Å². The monoisotopic (exact) mass is 133 g/mol. The largest absolute Gasteiger partial charge is 1.00 e. The maximum absolute atomic E-state index is 8.59. The van der Waals surface area contributed by atoms with E-state index >= 15 is 0 Å². The average molecular weight is 133 g/mol. The molecule has 0 aliphatic heterocycles. The summed E-state index contributed by atoms with van der Waals surface area (Å²) in [5.74, 6) is 0. The maximum Gasteiger partial charge on any atom is 1.00 e. The van der Waals surface area contributed by atoms with Gasteiger partial charge >= 0.3 is 37.8 Å². The molecule has 1 atom stereocenters. The van der Waals surface area contributed by atoms with E-state index in [1.165, 1.54) is 0 Å². The molecule has 0 aromatic heterocycles. The summed E-state index contributed by atoms with van der Waals surface area (Å²) in [6, 6.07) is 0. The summed E-state index contributed by atoms with van der Waals surface area (Å²) in [7, 11) is -3.12. The molecule has 5 heteroatoms. The summed E-state index contributed by atoms with van der Waals surface area (Å²) in [5.41, 5.74) is 0. The summed E-state index contributed by atoms with van der Waals surface area (Å²) < 4.78 is 8.59. The minimum absolute atomic E-state index is 0. The van der Waals surface area contributed by atoms with Crippen LogP contribution in [0.1, 0.15) is 13.8 Å². The fourth-order valence-corrected chi connectivity index (χ4v) is 0. The van der Waals surface area contributed by atoms with Crippen molar-refractivity contribution in [1.82, 2.24) is 0 Å². The molecule has 0 aromatic rings. The zero-order valence-corrected chi connectivity index (χ0v) is 7.61. The van der Waals surface area contributed by atoms with E-state index < -0.39 is 8.25 Å². The Labute approximate surface area is 66.0 Å². The molecule has 0 aromatic carbocycles. The van der Waals surface area contributed by atoms with Gasteiger partial charge in [0.05, 0.1) is 0 Å². The molecule has 3 nitrogen and oxygen atoms in total. The molecular weight excluding hydrogens is 126 g/mol. The Morgan fingerprint density at radius 2 is 1.57 bits per heavy atom. The van der Waals surface area contributed by atoms with Crippen LogP contribution in [0.4, 0.5) is 0 Å². The van der Waals surface area contributed by atoms with Gasteiger partial charge in [-0.25, -0.2) is 0 Å². The number of hydrogen-bond donors (Lipinski definition) is 1. The van der Waals surface area contributed by atoms with Crippen LogP contribution in [0.25, 0.3) is 0 Å². The van der Waals surface area contributed by atoms with Crippen LogP contribution in [0.2, 0.25) is 0 Å². The summed E-state index contributed by atoms with van der Waals surface area (Å²) in [6.07, 6.45) is 0. The summed E-state index contributed by atoms with van der Waals surface area (Å²) in [6.45, 7) is 4.00. The minimum Gasteiger partial charge on any atom is -0.567 e. The molecule has 0 aliphatic carbocycles. The molecule has 1 N–H and O–H groups in total. The van der Waals surface area contributed by atoms with Gasteiger partial charge in [-0.05, 0) is 4.57 Å². The van der Waals surface area contributed by atoms with Gasteiger partial charge in [0.1, 0.15) is 0 Å². The molecule has 0 saturated carbocycles. The van der Waals surface area contributed by atoms with Gasteiger partial charge in [-0.15, -0.1) is 0 Å². The van der Waals surface area contributed by atoms with Gasteiger partial charge in [0.15, 0.2) is 0 Å². The third kappa shape index (κ3) is 170. The third-order valence-corrected chi connectivity index (χ3v) is 0. The first-order valence-electron chi connectivity index (χ1n) is 1.57. The zero-order valence-electron chi connectivity index (χ0n) is 4.71. The molecule has 0 fully saturated rings. The Morgan fingerprint density at radius 3 is 1.57 bits per heavy atom. The van der Waals surface area contributed by atoms with Crippen LogP contribution in [-0.2, 0) is 4.57 Å². The Kier molecular flexibility index (Phi) is 35.3. The van der Waals surface area contributed by atoms with Gasteiger partial charge in [0, 0.05) is 0 Å². The molecule has 0 saturated heterocycles. The van der Waals surface area contributed by atoms with E-state index in [9.17, 15) is 0 Å². The standard InChI is InChI=1S/C2H6.Na.HO3P/c1-2;;1-4(2)3/h1-2H3;;(H,1,2,3)/q;+1;. The van der Waals surface area contributed by atoms with E-state index in [2.05, 4.69) is 0 Å². The van der Waals surface area contributed by atoms with Gasteiger partial charge in [-0.1, -0.05) is 13.8 Å². The van der Waals surface area contributed by atoms with Crippen molar-refractivity contribution < 1.29 is 43.9 Å². The molecule has 7 heavy (non-hydrogen) atoms. The molecule has 0 radical (unpaired) electrons. The zero-order chi connectivity index (χ0) is 5.58. The second-order valence-electron chi connectivity index (χ2n) is 0.238. The fraction of sp³-hybridized carbons (Fsp3) is 1.00. The van der Waals surface area contributed by atoms with Crippen LogP contribution in [-0.4, -0.2) is 4.89 Å². The summed E-state index contributed by atoms with van der Waals surface area (Å²) >= 11 is 0. The van der Waals surface area contributed by atoms with E-state index in [1.54, 1.807) is 0 Å². The van der Waals surface area contributed by atoms with Crippen molar-refractivity contribution in [3.63, 3.8) is 0 Å². The second kappa shape index (κ2) is 15.7. The van der Waals surface area contributed by atoms with E-state index in [-0.39, 0.29) is 29.6 Å². The van der Waals surface area contributed by atoms with Crippen LogP contribution in [0.5, 0.6) is 0 Å². The third-order valence-electron chi connectivity index (χ3n) is 0. The number of hydrogen-bond acceptors (Lipinski definition) is 2. The summed E-state index contributed by atoms with van der Waals surface area (Å²) in [5, 5.41) is 0. The van der Waals surface area contributed by atoms with Gasteiger partial charge in [0.2, 0.25) is 0 Å². The van der Waals surface area contributed by atoms with Gasteiger partial charge in [-0.2, -0.15) is 4.89 Å². The Morgan fingerprint density at radius 1 is 1.57 bits per heavy atom. The molecule has 0 bridgehead atoms. The molecule has 0 aliphatic rings. The molecule has 38 valence electrons. The van der Waals surface area contributed by atoms with Crippen LogP contribution >= 0.6 is 8.25 Å². The SMILES string of the molecule is CC.O=[P+]([O-])O.[Na+]. The van der Waals surface area contributed by atoms with Crippen LogP contribution in [0, 0.1) is 0 Å². The Bertz CT molecular complexity index is 35.9. The normalized spacial score (nSPS) is 7.14. The van der Waals surface area contributed by atoms with Crippen molar-refractivity contribution in [2.45, 2.75) is 13.8 Å². The topological polar surface area (TPSA) is 60.4 Å². The first kappa shape index (κ1) is 15.7. The first-order valence-corrected chi connectivity index (χ1v) is 2.70. The molecule has 0 amide bonds. The predicted octanol–water partition coefficient (Wildman–Crippen LogP) is -2.97. The minimum atomic E-state index is -3.12. The van der Waals surface area contributed by atoms with Gasteiger partial charge in [-0.3, -0.25) is 0 Å². The number of rotatable bonds is 0. The van der Waals surface area contributed by atoms with E-state index in [4.69, 9.17) is 14.4 Å². The average Bonchev–Trinajstić information content (AvgIpc) is 1.41. The first-order chi connectivity index (χ1) is 2.73. The molecular formula is C2H7NaO3P+. The Hall–Kier alpha value is 1.02. The van der Waals surface area contributed by atoms with Gasteiger partial charge < -0.3 is 4.89 Å². The van der Waals surface area contributed by atoms with E-state index in [0.717, 1.165) is 0 Å². The fourth-order valence-electron chi connectivity index (χ4n) is 0. The van der Waals surface area contributed by atoms with Crippen LogP contribution < -0.4 is 34.5 Å².